The molecule has 102 valence electrons. The van der Waals surface area contributed by atoms with Gasteiger partial charge >= 0.3 is 5.97 Å². The van der Waals surface area contributed by atoms with Crippen molar-refractivity contribution in [3.05, 3.63) is 35.8 Å². The summed E-state index contributed by atoms with van der Waals surface area (Å²) in [5, 5.41) is 11.0. The van der Waals surface area contributed by atoms with Gasteiger partial charge in [-0.3, -0.25) is 4.79 Å². The van der Waals surface area contributed by atoms with Gasteiger partial charge in [-0.1, -0.05) is 0 Å². The number of carboxylic acids is 1. The lowest BCUT2D eigenvalue weighted by atomic mass is 10.0. The molecule has 3 heterocycles. The average molecular weight is 290 g/mol. The Balaban J connectivity index is 1.99. The molecule has 0 amide bonds. The van der Waals surface area contributed by atoms with Crippen LogP contribution >= 0.6 is 11.3 Å². The first-order valence-corrected chi connectivity index (χ1v) is 6.78. The van der Waals surface area contributed by atoms with Crippen LogP contribution in [-0.4, -0.2) is 17.4 Å². The molecule has 0 fully saturated rings. The zero-order chi connectivity index (χ0) is 14.1. The van der Waals surface area contributed by atoms with Crippen molar-refractivity contribution in [1.82, 2.24) is 0 Å². The largest absolute Gasteiger partial charge is 0.481 e. The number of furan rings is 2. The first-order chi connectivity index (χ1) is 9.70. The molecule has 0 aliphatic rings. The van der Waals surface area contributed by atoms with Crippen LogP contribution in [-0.2, 0) is 9.59 Å². The van der Waals surface area contributed by atoms with Crippen LogP contribution in [0.3, 0.4) is 0 Å². The Morgan fingerprint density at radius 1 is 1.40 bits per heavy atom. The summed E-state index contributed by atoms with van der Waals surface area (Å²) in [6.07, 6.45) is 3.57. The SMILES string of the molecule is O=CCC(C(=O)O)c1cc(-c2coc3ccsc23)co1. The fraction of sp³-hybridized carbons (Fsp3) is 0.143. The lowest BCUT2D eigenvalue weighted by Crippen LogP contribution is -2.11. The minimum atomic E-state index is -1.08. The lowest BCUT2D eigenvalue weighted by Gasteiger charge is -2.03. The van der Waals surface area contributed by atoms with Crippen LogP contribution in [0, 0.1) is 0 Å². The highest BCUT2D eigenvalue weighted by molar-refractivity contribution is 7.17. The Bertz CT molecular complexity index is 763. The van der Waals surface area contributed by atoms with Crippen LogP contribution < -0.4 is 0 Å². The third-order valence-corrected chi connectivity index (χ3v) is 4.01. The van der Waals surface area contributed by atoms with Gasteiger partial charge in [-0.05, 0) is 17.5 Å². The molecule has 3 rings (SSSR count). The van der Waals surface area contributed by atoms with E-state index in [0.29, 0.717) is 6.29 Å². The average Bonchev–Trinajstić information content (AvgIpc) is 3.10. The predicted octanol–water partition coefficient (Wildman–Crippen LogP) is 3.51. The van der Waals surface area contributed by atoms with Crippen LogP contribution in [0.2, 0.25) is 0 Å². The molecule has 0 bridgehead atoms. The molecule has 5 nitrogen and oxygen atoms in total. The second-order valence-corrected chi connectivity index (χ2v) is 5.21. The monoisotopic (exact) mass is 290 g/mol. The highest BCUT2D eigenvalue weighted by Crippen LogP contribution is 2.36. The first kappa shape index (κ1) is 12.7. The van der Waals surface area contributed by atoms with Gasteiger partial charge in [0.1, 0.15) is 29.8 Å². The zero-order valence-electron chi connectivity index (χ0n) is 10.2. The molecule has 0 saturated heterocycles. The van der Waals surface area contributed by atoms with E-state index in [2.05, 4.69) is 0 Å². The minimum Gasteiger partial charge on any atom is -0.481 e. The number of fused-ring (bicyclic) bond motifs is 1. The topological polar surface area (TPSA) is 80.7 Å². The van der Waals surface area contributed by atoms with E-state index < -0.39 is 11.9 Å². The fourth-order valence-electron chi connectivity index (χ4n) is 2.07. The molecule has 0 aliphatic heterocycles. The number of aldehydes is 1. The number of hydrogen-bond donors (Lipinski definition) is 1. The number of thiophene rings is 1. The van der Waals surface area contributed by atoms with E-state index in [-0.39, 0.29) is 12.2 Å². The summed E-state index contributed by atoms with van der Waals surface area (Å²) in [5.41, 5.74) is 2.40. The van der Waals surface area contributed by atoms with Gasteiger partial charge in [-0.15, -0.1) is 11.3 Å². The molecule has 0 aromatic carbocycles. The van der Waals surface area contributed by atoms with Gasteiger partial charge in [0.2, 0.25) is 0 Å². The van der Waals surface area contributed by atoms with Crippen LogP contribution in [0.1, 0.15) is 18.1 Å². The van der Waals surface area contributed by atoms with Crippen molar-refractivity contribution in [2.75, 3.05) is 0 Å². The Labute approximate surface area is 117 Å². The third kappa shape index (κ3) is 2.04. The zero-order valence-corrected chi connectivity index (χ0v) is 11.1. The van der Waals surface area contributed by atoms with Gasteiger partial charge in [0.05, 0.1) is 11.0 Å². The van der Waals surface area contributed by atoms with E-state index in [1.807, 2.05) is 11.4 Å². The molecule has 1 N–H and O–H groups in total. The number of aliphatic carboxylic acids is 1. The molecule has 0 radical (unpaired) electrons. The van der Waals surface area contributed by atoms with E-state index in [1.165, 1.54) is 6.26 Å². The Kier molecular flexibility index (Phi) is 3.15. The second kappa shape index (κ2) is 4.97. The molecule has 6 heteroatoms. The summed E-state index contributed by atoms with van der Waals surface area (Å²) in [6.45, 7) is 0. The van der Waals surface area contributed by atoms with E-state index in [4.69, 9.17) is 13.9 Å². The number of carbonyl (C=O) groups excluding carboxylic acids is 1. The molecular weight excluding hydrogens is 280 g/mol. The lowest BCUT2D eigenvalue weighted by molar-refractivity contribution is -0.140. The van der Waals surface area contributed by atoms with Gasteiger partial charge in [-0.25, -0.2) is 0 Å². The smallest absolute Gasteiger partial charge is 0.314 e. The van der Waals surface area contributed by atoms with Crippen LogP contribution in [0.4, 0.5) is 0 Å². The fourth-order valence-corrected chi connectivity index (χ4v) is 2.93. The third-order valence-electron chi connectivity index (χ3n) is 3.08. The van der Waals surface area contributed by atoms with E-state index in [9.17, 15) is 9.59 Å². The second-order valence-electron chi connectivity index (χ2n) is 4.29. The summed E-state index contributed by atoms with van der Waals surface area (Å²) in [6, 6.07) is 3.52. The molecule has 1 unspecified atom stereocenters. The van der Waals surface area contributed by atoms with Crippen molar-refractivity contribution in [2.24, 2.45) is 0 Å². The summed E-state index contributed by atoms with van der Waals surface area (Å²) in [5.74, 6) is -1.76. The molecule has 20 heavy (non-hydrogen) atoms. The van der Waals surface area contributed by atoms with Gasteiger partial charge in [0.15, 0.2) is 0 Å². The summed E-state index contributed by atoms with van der Waals surface area (Å²) in [7, 11) is 0. The molecule has 3 aromatic rings. The Morgan fingerprint density at radius 3 is 3.00 bits per heavy atom. The first-order valence-electron chi connectivity index (χ1n) is 5.90. The highest BCUT2D eigenvalue weighted by Gasteiger charge is 2.24. The number of rotatable bonds is 5. The molecule has 1 atom stereocenters. The van der Waals surface area contributed by atoms with Gasteiger partial charge in [0, 0.05) is 17.5 Å². The molecule has 0 spiro atoms. The van der Waals surface area contributed by atoms with E-state index in [0.717, 1.165) is 21.4 Å². The van der Waals surface area contributed by atoms with Crippen molar-refractivity contribution in [3.63, 3.8) is 0 Å². The van der Waals surface area contributed by atoms with E-state index >= 15 is 0 Å². The number of carbonyl (C=O) groups is 2. The van der Waals surface area contributed by atoms with Crippen molar-refractivity contribution in [1.29, 1.82) is 0 Å². The normalized spacial score (nSPS) is 12.6. The maximum absolute atomic E-state index is 11.1. The Morgan fingerprint density at radius 2 is 2.25 bits per heavy atom. The van der Waals surface area contributed by atoms with Crippen molar-refractivity contribution in [2.45, 2.75) is 12.3 Å². The van der Waals surface area contributed by atoms with Gasteiger partial charge < -0.3 is 18.7 Å². The maximum atomic E-state index is 11.1. The highest BCUT2D eigenvalue weighted by atomic mass is 32.1. The number of hydrogen-bond acceptors (Lipinski definition) is 5. The van der Waals surface area contributed by atoms with Gasteiger partial charge in [0.25, 0.3) is 0 Å². The van der Waals surface area contributed by atoms with Crippen LogP contribution in [0.15, 0.2) is 38.9 Å². The molecular formula is C14H10O5S. The standard InChI is InChI=1S/C14H10O5S/c15-3-1-9(14(16)17)12-5-8(6-18-12)10-7-19-11-2-4-20-13(10)11/h2-7,9H,1H2,(H,16,17). The summed E-state index contributed by atoms with van der Waals surface area (Å²) in [4.78, 5) is 21.7. The number of carboxylic acid groups (broad SMARTS) is 1. The van der Waals surface area contributed by atoms with E-state index in [1.54, 1.807) is 23.7 Å². The van der Waals surface area contributed by atoms with Crippen LogP contribution in [0.25, 0.3) is 21.4 Å². The van der Waals surface area contributed by atoms with Crippen LogP contribution in [0.5, 0.6) is 0 Å². The quantitative estimate of drug-likeness (QED) is 0.727. The maximum Gasteiger partial charge on any atom is 0.314 e. The minimum absolute atomic E-state index is 0.109. The molecule has 0 aliphatic carbocycles. The molecule has 3 aromatic heterocycles. The molecule has 0 saturated carbocycles. The van der Waals surface area contributed by atoms with Gasteiger partial charge in [-0.2, -0.15) is 0 Å². The van der Waals surface area contributed by atoms with Crippen molar-refractivity contribution < 1.29 is 23.5 Å². The van der Waals surface area contributed by atoms with Crippen molar-refractivity contribution in [3.8, 4) is 11.1 Å². The summed E-state index contributed by atoms with van der Waals surface area (Å²) >= 11 is 1.54. The predicted molar refractivity (Wildman–Crippen MR) is 72.9 cm³/mol. The van der Waals surface area contributed by atoms with Crippen molar-refractivity contribution >= 4 is 33.9 Å². The summed E-state index contributed by atoms with van der Waals surface area (Å²) < 4.78 is 11.7. The Hall–Kier alpha value is -2.34.